The smallest absolute Gasteiger partial charge is 0.338 e. The van der Waals surface area contributed by atoms with E-state index in [2.05, 4.69) is 0 Å². The molecule has 1 heterocycles. The number of halogens is 1. The van der Waals surface area contributed by atoms with Crippen molar-refractivity contribution in [1.29, 1.82) is 0 Å². The van der Waals surface area contributed by atoms with E-state index in [-0.39, 0.29) is 35.1 Å². The molecule has 1 aliphatic carbocycles. The molecule has 0 bridgehead atoms. The number of nitrogens with zero attached hydrogens (tertiary/aromatic N) is 1. The summed E-state index contributed by atoms with van der Waals surface area (Å²) in [6.07, 6.45) is 4.12. The van der Waals surface area contributed by atoms with Crippen molar-refractivity contribution in [2.75, 3.05) is 18.1 Å². The molecule has 6 nitrogen and oxygen atoms in total. The summed E-state index contributed by atoms with van der Waals surface area (Å²) in [5, 5.41) is 0. The zero-order valence-electron chi connectivity index (χ0n) is 14.4. The van der Waals surface area contributed by atoms with Crippen LogP contribution in [0.5, 0.6) is 0 Å². The summed E-state index contributed by atoms with van der Waals surface area (Å²) in [5.41, 5.74) is 0.162. The van der Waals surface area contributed by atoms with E-state index in [0.29, 0.717) is 6.42 Å². The van der Waals surface area contributed by atoms with Gasteiger partial charge in [-0.3, -0.25) is 4.79 Å². The summed E-state index contributed by atoms with van der Waals surface area (Å²) < 4.78 is 41.6. The number of sulfone groups is 1. The number of carbonyl (C=O) groups excluding carboxylic acids is 2. The molecular weight excluding hydrogens is 361 g/mol. The molecule has 8 heteroatoms. The summed E-state index contributed by atoms with van der Waals surface area (Å²) >= 11 is 0. The van der Waals surface area contributed by atoms with Gasteiger partial charge in [0.1, 0.15) is 5.82 Å². The first kappa shape index (κ1) is 18.8. The van der Waals surface area contributed by atoms with E-state index in [1.165, 1.54) is 12.1 Å². The van der Waals surface area contributed by atoms with Crippen molar-refractivity contribution in [3.8, 4) is 0 Å². The van der Waals surface area contributed by atoms with Crippen molar-refractivity contribution in [3.63, 3.8) is 0 Å². The van der Waals surface area contributed by atoms with Crippen LogP contribution in [0.3, 0.4) is 0 Å². The van der Waals surface area contributed by atoms with Crippen molar-refractivity contribution >= 4 is 21.7 Å². The van der Waals surface area contributed by atoms with Crippen molar-refractivity contribution < 1.29 is 27.1 Å². The van der Waals surface area contributed by atoms with Crippen molar-refractivity contribution in [3.05, 3.63) is 35.6 Å². The number of hydrogen-bond donors (Lipinski definition) is 0. The first-order chi connectivity index (χ1) is 12.4. The monoisotopic (exact) mass is 383 g/mol. The van der Waals surface area contributed by atoms with Gasteiger partial charge in [-0.05, 0) is 43.5 Å². The lowest BCUT2D eigenvalue weighted by molar-refractivity contribution is -0.139. The summed E-state index contributed by atoms with van der Waals surface area (Å²) in [6.45, 7) is -0.441. The Labute approximate surface area is 152 Å². The number of benzene rings is 1. The molecule has 0 N–H and O–H groups in total. The van der Waals surface area contributed by atoms with E-state index in [1.54, 1.807) is 4.90 Å². The lowest BCUT2D eigenvalue weighted by atomic mass is 10.1. The molecule has 1 aromatic carbocycles. The Morgan fingerprint density at radius 1 is 1.08 bits per heavy atom. The van der Waals surface area contributed by atoms with E-state index in [4.69, 9.17) is 4.74 Å². The maximum atomic E-state index is 12.9. The molecule has 0 aromatic heterocycles. The van der Waals surface area contributed by atoms with Gasteiger partial charge < -0.3 is 9.64 Å². The van der Waals surface area contributed by atoms with Gasteiger partial charge in [-0.1, -0.05) is 12.8 Å². The highest BCUT2D eigenvalue weighted by Crippen LogP contribution is 2.29. The Hall–Kier alpha value is -1.96. The molecule has 26 heavy (non-hydrogen) atoms. The largest absolute Gasteiger partial charge is 0.452 e. The maximum absolute atomic E-state index is 12.9. The Morgan fingerprint density at radius 3 is 2.31 bits per heavy atom. The first-order valence-electron chi connectivity index (χ1n) is 8.80. The number of amides is 1. The fraction of sp³-hybridized carbons (Fsp3) is 0.556. The minimum absolute atomic E-state index is 0.00493. The summed E-state index contributed by atoms with van der Waals surface area (Å²) in [5.74, 6) is -1.48. The molecule has 1 saturated heterocycles. The average molecular weight is 383 g/mol. The van der Waals surface area contributed by atoms with Crippen LogP contribution in [-0.2, 0) is 19.4 Å². The van der Waals surface area contributed by atoms with Crippen molar-refractivity contribution in [2.45, 2.75) is 44.2 Å². The van der Waals surface area contributed by atoms with Gasteiger partial charge in [-0.15, -0.1) is 0 Å². The van der Waals surface area contributed by atoms with Crippen LogP contribution in [-0.4, -0.2) is 55.4 Å². The molecule has 1 aliphatic heterocycles. The number of rotatable bonds is 5. The normalized spacial score (nSPS) is 22.3. The zero-order chi connectivity index (χ0) is 18.7. The molecule has 2 fully saturated rings. The fourth-order valence-electron chi connectivity index (χ4n) is 3.75. The van der Waals surface area contributed by atoms with Crippen molar-refractivity contribution in [1.82, 2.24) is 4.90 Å². The Bertz CT molecular complexity index is 771. The molecule has 0 unspecified atom stereocenters. The van der Waals surface area contributed by atoms with Crippen LogP contribution < -0.4 is 0 Å². The zero-order valence-corrected chi connectivity index (χ0v) is 15.2. The average Bonchev–Trinajstić information content (AvgIpc) is 3.24. The van der Waals surface area contributed by atoms with E-state index in [1.807, 2.05) is 0 Å². The first-order valence-corrected chi connectivity index (χ1v) is 10.6. The molecule has 2 aliphatic rings. The van der Waals surface area contributed by atoms with Gasteiger partial charge in [0.2, 0.25) is 0 Å². The standard InChI is InChI=1S/C18H22FNO5S/c19-14-7-5-13(6-8-14)18(22)25-11-17(21)20(15-3-1-2-4-15)16-9-10-26(23,24)12-16/h5-8,15-16H,1-4,9-12H2/t16-/m0/s1. The van der Waals surface area contributed by atoms with Crippen LogP contribution in [0.2, 0.25) is 0 Å². The highest BCUT2D eigenvalue weighted by Gasteiger charge is 2.39. The molecular formula is C18H22FNO5S. The Kier molecular flexibility index (Phi) is 5.60. The predicted molar refractivity (Wildman–Crippen MR) is 92.8 cm³/mol. The van der Waals surface area contributed by atoms with Crippen LogP contribution in [0.1, 0.15) is 42.5 Å². The van der Waals surface area contributed by atoms with E-state index >= 15 is 0 Å². The topological polar surface area (TPSA) is 80.8 Å². The fourth-order valence-corrected chi connectivity index (χ4v) is 5.47. The second-order valence-corrected chi connectivity index (χ2v) is 9.11. The van der Waals surface area contributed by atoms with Crippen LogP contribution in [0.15, 0.2) is 24.3 Å². The number of carbonyl (C=O) groups is 2. The van der Waals surface area contributed by atoms with E-state index in [9.17, 15) is 22.4 Å². The predicted octanol–water partition coefficient (Wildman–Crippen LogP) is 1.94. The van der Waals surface area contributed by atoms with Crippen LogP contribution in [0.4, 0.5) is 4.39 Å². The van der Waals surface area contributed by atoms with Crippen LogP contribution in [0, 0.1) is 5.82 Å². The summed E-state index contributed by atoms with van der Waals surface area (Å²) in [6, 6.07) is 4.53. The quantitative estimate of drug-likeness (QED) is 0.726. The molecule has 3 rings (SSSR count). The van der Waals surface area contributed by atoms with Crippen LogP contribution in [0.25, 0.3) is 0 Å². The molecule has 142 valence electrons. The van der Waals surface area contributed by atoms with Crippen molar-refractivity contribution in [2.24, 2.45) is 0 Å². The van der Waals surface area contributed by atoms with E-state index in [0.717, 1.165) is 37.8 Å². The molecule has 1 aromatic rings. The summed E-state index contributed by atoms with van der Waals surface area (Å²) in [7, 11) is -3.12. The second-order valence-electron chi connectivity index (χ2n) is 6.88. The molecule has 1 atom stereocenters. The summed E-state index contributed by atoms with van der Waals surface area (Å²) in [4.78, 5) is 26.4. The third-order valence-corrected chi connectivity index (χ3v) is 6.76. The molecule has 0 spiro atoms. The molecule has 0 radical (unpaired) electrons. The SMILES string of the molecule is O=C(OCC(=O)N(C1CCCC1)[C@H]1CCS(=O)(=O)C1)c1ccc(F)cc1. The maximum Gasteiger partial charge on any atom is 0.338 e. The van der Waals surface area contributed by atoms with Gasteiger partial charge in [-0.2, -0.15) is 0 Å². The highest BCUT2D eigenvalue weighted by molar-refractivity contribution is 7.91. The van der Waals surface area contributed by atoms with Gasteiger partial charge in [-0.25, -0.2) is 17.6 Å². The third kappa shape index (κ3) is 4.41. The number of esters is 1. The Morgan fingerprint density at radius 2 is 1.73 bits per heavy atom. The van der Waals surface area contributed by atoms with Gasteiger partial charge in [0.25, 0.3) is 5.91 Å². The number of ether oxygens (including phenoxy) is 1. The Balaban J connectivity index is 1.65. The molecule has 1 amide bonds. The minimum Gasteiger partial charge on any atom is -0.452 e. The lowest BCUT2D eigenvalue weighted by Crippen LogP contribution is -2.48. The number of hydrogen-bond acceptors (Lipinski definition) is 5. The highest BCUT2D eigenvalue weighted by atomic mass is 32.2. The van der Waals surface area contributed by atoms with Gasteiger partial charge in [0, 0.05) is 12.1 Å². The van der Waals surface area contributed by atoms with E-state index < -0.39 is 28.2 Å². The molecule has 1 saturated carbocycles. The van der Waals surface area contributed by atoms with Gasteiger partial charge in [0.15, 0.2) is 16.4 Å². The van der Waals surface area contributed by atoms with Crippen LogP contribution >= 0.6 is 0 Å². The third-order valence-electron chi connectivity index (χ3n) is 5.01. The van der Waals surface area contributed by atoms with Gasteiger partial charge >= 0.3 is 5.97 Å². The lowest BCUT2D eigenvalue weighted by Gasteiger charge is -2.33. The van der Waals surface area contributed by atoms with Gasteiger partial charge in [0.05, 0.1) is 17.1 Å². The second kappa shape index (κ2) is 7.73. The minimum atomic E-state index is -3.12.